The van der Waals surface area contributed by atoms with Crippen molar-refractivity contribution < 1.29 is 18.7 Å². The fourth-order valence-corrected chi connectivity index (χ4v) is 4.36. The molecule has 0 spiro atoms. The topological polar surface area (TPSA) is 73.7 Å². The van der Waals surface area contributed by atoms with Gasteiger partial charge in [-0.1, -0.05) is 12.1 Å². The SMILES string of the molecule is COc1cc(OC)c(Br)c(-n2c(C(C)N(C)C(=O)c3ccc(F)cc3)nc3ccccc3c2=O)c1. The number of ether oxygens (including phenoxy) is 2. The summed E-state index contributed by atoms with van der Waals surface area (Å²) in [5.74, 6) is 0.513. The first kappa shape index (κ1) is 24.4. The summed E-state index contributed by atoms with van der Waals surface area (Å²) in [6, 6.07) is 15.1. The first-order valence-corrected chi connectivity index (χ1v) is 11.5. The Labute approximate surface area is 209 Å². The quantitative estimate of drug-likeness (QED) is 0.339. The second kappa shape index (κ2) is 9.87. The molecule has 9 heteroatoms. The molecular weight excluding hydrogens is 517 g/mol. The number of halogens is 2. The average molecular weight is 540 g/mol. The van der Waals surface area contributed by atoms with Gasteiger partial charge in [0.15, 0.2) is 0 Å². The lowest BCUT2D eigenvalue weighted by Crippen LogP contribution is -2.35. The van der Waals surface area contributed by atoms with Gasteiger partial charge in [-0.3, -0.25) is 14.2 Å². The van der Waals surface area contributed by atoms with Crippen LogP contribution < -0.4 is 15.0 Å². The molecule has 4 rings (SSSR count). The number of carbonyl (C=O) groups excluding carboxylic acids is 1. The molecule has 3 aromatic carbocycles. The third-order valence-electron chi connectivity index (χ3n) is 5.86. The summed E-state index contributed by atoms with van der Waals surface area (Å²) in [7, 11) is 4.65. The molecule has 0 radical (unpaired) electrons. The number of benzene rings is 3. The zero-order chi connectivity index (χ0) is 25.3. The Balaban J connectivity index is 1.95. The molecule has 1 atom stereocenters. The number of nitrogens with zero attached hydrogens (tertiary/aromatic N) is 3. The van der Waals surface area contributed by atoms with E-state index in [1.54, 1.807) is 50.4 Å². The Morgan fingerprint density at radius 3 is 2.43 bits per heavy atom. The van der Waals surface area contributed by atoms with E-state index in [1.165, 1.54) is 48.0 Å². The number of carbonyl (C=O) groups is 1. The molecule has 1 aromatic heterocycles. The molecule has 0 aliphatic rings. The fraction of sp³-hybridized carbons (Fsp3) is 0.192. The van der Waals surface area contributed by atoms with Gasteiger partial charge in [0.1, 0.15) is 23.1 Å². The lowest BCUT2D eigenvalue weighted by Gasteiger charge is -2.27. The molecule has 0 aliphatic heterocycles. The van der Waals surface area contributed by atoms with E-state index >= 15 is 0 Å². The van der Waals surface area contributed by atoms with E-state index < -0.39 is 11.9 Å². The van der Waals surface area contributed by atoms with Crippen molar-refractivity contribution in [3.63, 3.8) is 0 Å². The summed E-state index contributed by atoms with van der Waals surface area (Å²) in [5, 5.41) is 0.421. The molecule has 35 heavy (non-hydrogen) atoms. The third kappa shape index (κ3) is 4.51. The highest BCUT2D eigenvalue weighted by Crippen LogP contribution is 2.36. The van der Waals surface area contributed by atoms with Crippen LogP contribution in [0.1, 0.15) is 29.1 Å². The predicted octanol–water partition coefficient (Wildman–Crippen LogP) is 5.14. The number of methoxy groups -OCH3 is 2. The Hall–Kier alpha value is -3.72. The highest BCUT2D eigenvalue weighted by molar-refractivity contribution is 9.10. The Kier molecular flexibility index (Phi) is 6.88. The molecule has 0 bridgehead atoms. The highest BCUT2D eigenvalue weighted by Gasteiger charge is 2.26. The van der Waals surface area contributed by atoms with Crippen molar-refractivity contribution in [3.8, 4) is 17.2 Å². The Morgan fingerprint density at radius 1 is 1.09 bits per heavy atom. The number of hydrogen-bond acceptors (Lipinski definition) is 5. The molecular formula is C26H23BrFN3O4. The van der Waals surface area contributed by atoms with E-state index in [1.807, 2.05) is 0 Å². The number of amides is 1. The van der Waals surface area contributed by atoms with Crippen molar-refractivity contribution in [1.29, 1.82) is 0 Å². The van der Waals surface area contributed by atoms with Gasteiger partial charge < -0.3 is 14.4 Å². The van der Waals surface area contributed by atoms with Crippen molar-refractivity contribution in [2.75, 3.05) is 21.3 Å². The van der Waals surface area contributed by atoms with Crippen LogP contribution in [-0.2, 0) is 0 Å². The van der Waals surface area contributed by atoms with Gasteiger partial charge in [-0.25, -0.2) is 9.37 Å². The van der Waals surface area contributed by atoms with Gasteiger partial charge in [0.2, 0.25) is 0 Å². The van der Waals surface area contributed by atoms with Crippen LogP contribution >= 0.6 is 15.9 Å². The lowest BCUT2D eigenvalue weighted by atomic mass is 10.1. The van der Waals surface area contributed by atoms with Gasteiger partial charge in [0, 0.05) is 24.7 Å². The van der Waals surface area contributed by atoms with Crippen molar-refractivity contribution in [3.05, 3.63) is 92.7 Å². The molecule has 7 nitrogen and oxygen atoms in total. The van der Waals surface area contributed by atoms with E-state index in [2.05, 4.69) is 15.9 Å². The van der Waals surface area contributed by atoms with Crippen LogP contribution in [0.3, 0.4) is 0 Å². The van der Waals surface area contributed by atoms with Crippen molar-refractivity contribution >= 4 is 32.7 Å². The molecule has 0 saturated heterocycles. The maximum atomic E-state index is 13.8. The minimum absolute atomic E-state index is 0.309. The number of hydrogen-bond donors (Lipinski definition) is 0. The molecule has 180 valence electrons. The highest BCUT2D eigenvalue weighted by atomic mass is 79.9. The maximum absolute atomic E-state index is 13.8. The van der Waals surface area contributed by atoms with Gasteiger partial charge in [-0.05, 0) is 59.3 Å². The monoisotopic (exact) mass is 539 g/mol. The Bertz CT molecular complexity index is 1470. The zero-order valence-corrected chi connectivity index (χ0v) is 21.2. The first-order chi connectivity index (χ1) is 16.8. The second-order valence-electron chi connectivity index (χ2n) is 7.89. The molecule has 1 unspecified atom stereocenters. The fourth-order valence-electron chi connectivity index (χ4n) is 3.80. The molecule has 0 N–H and O–H groups in total. The summed E-state index contributed by atoms with van der Waals surface area (Å²) in [5.41, 5.74) is 0.967. The Morgan fingerprint density at radius 2 is 1.77 bits per heavy atom. The van der Waals surface area contributed by atoms with Gasteiger partial charge in [-0.2, -0.15) is 0 Å². The van der Waals surface area contributed by atoms with Crippen molar-refractivity contribution in [2.45, 2.75) is 13.0 Å². The number of aromatic nitrogens is 2. The van der Waals surface area contributed by atoms with E-state index in [0.29, 0.717) is 43.9 Å². The summed E-state index contributed by atoms with van der Waals surface area (Å²) in [6.45, 7) is 1.78. The second-order valence-corrected chi connectivity index (χ2v) is 8.68. The standard InChI is InChI=1S/C26H23BrFN3O4/c1-15(30(2)25(32)16-9-11-17(28)12-10-16)24-29-20-8-6-5-7-19(20)26(33)31(24)21-13-18(34-3)14-22(35-4)23(21)27/h5-15H,1-4H3. The van der Waals surface area contributed by atoms with E-state index in [9.17, 15) is 14.0 Å². The van der Waals surface area contributed by atoms with Gasteiger partial charge >= 0.3 is 0 Å². The molecule has 4 aromatic rings. The third-order valence-corrected chi connectivity index (χ3v) is 6.65. The molecule has 0 aliphatic carbocycles. The molecule has 0 fully saturated rings. The van der Waals surface area contributed by atoms with Crippen LogP contribution in [0.15, 0.2) is 69.9 Å². The molecule has 1 heterocycles. The summed E-state index contributed by atoms with van der Waals surface area (Å²) in [4.78, 5) is 33.2. The van der Waals surface area contributed by atoms with Gasteiger partial charge in [-0.15, -0.1) is 0 Å². The summed E-state index contributed by atoms with van der Waals surface area (Å²) >= 11 is 3.55. The predicted molar refractivity (Wildman–Crippen MR) is 135 cm³/mol. The summed E-state index contributed by atoms with van der Waals surface area (Å²) in [6.07, 6.45) is 0. The van der Waals surface area contributed by atoms with Crippen LogP contribution in [0, 0.1) is 5.82 Å². The minimum Gasteiger partial charge on any atom is -0.497 e. The first-order valence-electron chi connectivity index (χ1n) is 10.7. The van der Waals surface area contributed by atoms with Gasteiger partial charge in [0.05, 0.1) is 41.3 Å². The zero-order valence-electron chi connectivity index (χ0n) is 19.6. The van der Waals surface area contributed by atoms with E-state index in [-0.39, 0.29) is 11.5 Å². The van der Waals surface area contributed by atoms with Crippen LogP contribution in [0.4, 0.5) is 4.39 Å². The smallest absolute Gasteiger partial charge is 0.266 e. The van der Waals surface area contributed by atoms with Crippen LogP contribution in [0.25, 0.3) is 16.6 Å². The van der Waals surface area contributed by atoms with Crippen molar-refractivity contribution in [2.24, 2.45) is 0 Å². The van der Waals surface area contributed by atoms with Crippen LogP contribution in [0.2, 0.25) is 0 Å². The number of fused-ring (bicyclic) bond motifs is 1. The largest absolute Gasteiger partial charge is 0.497 e. The average Bonchev–Trinajstić information content (AvgIpc) is 2.88. The lowest BCUT2D eigenvalue weighted by molar-refractivity contribution is 0.0735. The van der Waals surface area contributed by atoms with Gasteiger partial charge in [0.25, 0.3) is 11.5 Å². The van der Waals surface area contributed by atoms with Crippen LogP contribution in [0.5, 0.6) is 11.5 Å². The van der Waals surface area contributed by atoms with E-state index in [4.69, 9.17) is 14.5 Å². The molecule has 1 amide bonds. The van der Waals surface area contributed by atoms with E-state index in [0.717, 1.165) is 0 Å². The number of para-hydroxylation sites is 1. The van der Waals surface area contributed by atoms with Crippen molar-refractivity contribution in [1.82, 2.24) is 14.5 Å². The summed E-state index contributed by atoms with van der Waals surface area (Å²) < 4.78 is 26.3. The number of rotatable bonds is 6. The normalized spacial score (nSPS) is 11.8. The molecule has 0 saturated carbocycles. The minimum atomic E-state index is -0.631. The van der Waals surface area contributed by atoms with Crippen LogP contribution in [-0.4, -0.2) is 41.6 Å². The maximum Gasteiger partial charge on any atom is 0.266 e.